The molecule has 4 heteroatoms. The molecule has 0 aliphatic carbocycles. The van der Waals surface area contributed by atoms with E-state index in [4.69, 9.17) is 5.73 Å². The van der Waals surface area contributed by atoms with E-state index in [1.54, 1.807) is 12.1 Å². The molecule has 0 radical (unpaired) electrons. The van der Waals surface area contributed by atoms with Gasteiger partial charge in [-0.2, -0.15) is 0 Å². The lowest BCUT2D eigenvalue weighted by atomic mass is 9.89. The maximum absolute atomic E-state index is 13.8. The number of hydrogen-bond donors (Lipinski definition) is 2. The van der Waals surface area contributed by atoms with Crippen molar-refractivity contribution in [2.24, 2.45) is 5.73 Å². The van der Waals surface area contributed by atoms with Gasteiger partial charge in [0.05, 0.1) is 0 Å². The van der Waals surface area contributed by atoms with Gasteiger partial charge < -0.3 is 11.1 Å². The summed E-state index contributed by atoms with van der Waals surface area (Å²) in [6.45, 7) is 6.85. The highest BCUT2D eigenvalue weighted by atomic mass is 19.1. The van der Waals surface area contributed by atoms with Crippen molar-refractivity contribution in [3.8, 4) is 0 Å². The zero-order valence-corrected chi connectivity index (χ0v) is 11.9. The molecule has 0 unspecified atom stereocenters. The van der Waals surface area contributed by atoms with Crippen molar-refractivity contribution < 1.29 is 9.18 Å². The van der Waals surface area contributed by atoms with E-state index in [1.165, 1.54) is 6.07 Å². The highest BCUT2D eigenvalue weighted by Crippen LogP contribution is 2.20. The number of rotatable bonds is 7. The summed E-state index contributed by atoms with van der Waals surface area (Å²) in [6.07, 6.45) is 3.00. The van der Waals surface area contributed by atoms with Crippen LogP contribution < -0.4 is 11.1 Å². The number of benzene rings is 1. The lowest BCUT2D eigenvalue weighted by molar-refractivity contribution is 0.1000. The van der Waals surface area contributed by atoms with Crippen LogP contribution in [-0.4, -0.2) is 11.4 Å². The number of carbonyl (C=O) groups is 1. The molecule has 0 aliphatic rings. The molecule has 0 saturated carbocycles. The van der Waals surface area contributed by atoms with Crippen LogP contribution in [0.1, 0.15) is 56.0 Å². The fraction of sp³-hybridized carbons (Fsp3) is 0.533. The molecule has 0 aromatic heterocycles. The maximum atomic E-state index is 13.8. The third-order valence-corrected chi connectivity index (χ3v) is 4.02. The Morgan fingerprint density at radius 1 is 1.26 bits per heavy atom. The summed E-state index contributed by atoms with van der Waals surface area (Å²) in [5.41, 5.74) is 5.93. The second-order valence-electron chi connectivity index (χ2n) is 4.86. The van der Waals surface area contributed by atoms with Crippen molar-refractivity contribution in [3.05, 3.63) is 35.1 Å². The van der Waals surface area contributed by atoms with E-state index < -0.39 is 5.91 Å². The molecule has 1 amide bonds. The van der Waals surface area contributed by atoms with Crippen LogP contribution in [0.25, 0.3) is 0 Å². The van der Waals surface area contributed by atoms with Crippen LogP contribution in [0.3, 0.4) is 0 Å². The van der Waals surface area contributed by atoms with E-state index in [2.05, 4.69) is 26.1 Å². The van der Waals surface area contributed by atoms with Crippen LogP contribution in [0.5, 0.6) is 0 Å². The molecular formula is C15H23FN2O. The quantitative estimate of drug-likeness (QED) is 0.797. The molecule has 0 spiro atoms. The molecule has 1 aromatic carbocycles. The second-order valence-corrected chi connectivity index (χ2v) is 4.86. The van der Waals surface area contributed by atoms with Gasteiger partial charge in [0, 0.05) is 23.2 Å². The number of carbonyl (C=O) groups excluding carboxylic acids is 1. The SMILES string of the molecule is CCC(CC)(CC)NCc1ccc(C(N)=O)cc1F. The Hall–Kier alpha value is -1.42. The number of hydrogen-bond acceptors (Lipinski definition) is 2. The number of amides is 1. The summed E-state index contributed by atoms with van der Waals surface area (Å²) < 4.78 is 13.8. The van der Waals surface area contributed by atoms with Gasteiger partial charge in [0.2, 0.25) is 5.91 Å². The summed E-state index contributed by atoms with van der Waals surface area (Å²) in [4.78, 5) is 11.0. The van der Waals surface area contributed by atoms with Crippen molar-refractivity contribution in [2.45, 2.75) is 52.1 Å². The Morgan fingerprint density at radius 3 is 2.26 bits per heavy atom. The minimum Gasteiger partial charge on any atom is -0.366 e. The summed E-state index contributed by atoms with van der Waals surface area (Å²) in [6, 6.07) is 4.38. The lowest BCUT2D eigenvalue weighted by Gasteiger charge is -2.32. The Balaban J connectivity index is 2.80. The van der Waals surface area contributed by atoms with Gasteiger partial charge in [-0.25, -0.2) is 4.39 Å². The minimum atomic E-state index is -0.608. The van der Waals surface area contributed by atoms with Crippen molar-refractivity contribution in [1.29, 1.82) is 0 Å². The average Bonchev–Trinajstić information content (AvgIpc) is 2.42. The molecule has 0 atom stereocenters. The zero-order valence-electron chi connectivity index (χ0n) is 11.9. The molecule has 106 valence electrons. The monoisotopic (exact) mass is 266 g/mol. The van der Waals surface area contributed by atoms with Gasteiger partial charge in [-0.1, -0.05) is 26.8 Å². The van der Waals surface area contributed by atoms with E-state index in [9.17, 15) is 9.18 Å². The smallest absolute Gasteiger partial charge is 0.248 e. The van der Waals surface area contributed by atoms with Crippen LogP contribution in [-0.2, 0) is 6.54 Å². The van der Waals surface area contributed by atoms with Crippen LogP contribution in [0.2, 0.25) is 0 Å². The number of halogens is 1. The van der Waals surface area contributed by atoms with Crippen LogP contribution >= 0.6 is 0 Å². The van der Waals surface area contributed by atoms with Crippen molar-refractivity contribution >= 4 is 5.91 Å². The van der Waals surface area contributed by atoms with E-state index in [1.807, 2.05) is 0 Å². The van der Waals surface area contributed by atoms with Crippen LogP contribution in [0, 0.1) is 5.82 Å². The van der Waals surface area contributed by atoms with E-state index in [-0.39, 0.29) is 16.9 Å². The second kappa shape index (κ2) is 6.66. The lowest BCUT2D eigenvalue weighted by Crippen LogP contribution is -2.43. The van der Waals surface area contributed by atoms with Crippen LogP contribution in [0.15, 0.2) is 18.2 Å². The number of nitrogens with one attached hydrogen (secondary N) is 1. The first-order chi connectivity index (χ1) is 8.98. The molecule has 3 N–H and O–H groups in total. The van der Waals surface area contributed by atoms with Gasteiger partial charge in [-0.15, -0.1) is 0 Å². The largest absolute Gasteiger partial charge is 0.366 e. The maximum Gasteiger partial charge on any atom is 0.248 e. The highest BCUT2D eigenvalue weighted by Gasteiger charge is 2.23. The molecule has 0 aliphatic heterocycles. The van der Waals surface area contributed by atoms with Gasteiger partial charge in [-0.05, 0) is 31.4 Å². The van der Waals surface area contributed by atoms with Gasteiger partial charge in [-0.3, -0.25) is 4.79 Å². The van der Waals surface area contributed by atoms with Crippen molar-refractivity contribution in [2.75, 3.05) is 0 Å². The molecule has 3 nitrogen and oxygen atoms in total. The minimum absolute atomic E-state index is 0.0504. The first-order valence-electron chi connectivity index (χ1n) is 6.81. The fourth-order valence-corrected chi connectivity index (χ4v) is 2.25. The Bertz CT molecular complexity index is 434. The molecule has 0 heterocycles. The van der Waals surface area contributed by atoms with Crippen molar-refractivity contribution in [1.82, 2.24) is 5.32 Å². The Morgan fingerprint density at radius 2 is 1.84 bits per heavy atom. The zero-order chi connectivity index (χ0) is 14.5. The van der Waals surface area contributed by atoms with Crippen LogP contribution in [0.4, 0.5) is 4.39 Å². The Labute approximate surface area is 114 Å². The molecule has 19 heavy (non-hydrogen) atoms. The van der Waals surface area contributed by atoms with E-state index in [0.29, 0.717) is 12.1 Å². The fourth-order valence-electron chi connectivity index (χ4n) is 2.25. The third kappa shape index (κ3) is 3.77. The van der Waals surface area contributed by atoms with Gasteiger partial charge in [0.25, 0.3) is 0 Å². The van der Waals surface area contributed by atoms with Crippen molar-refractivity contribution in [3.63, 3.8) is 0 Å². The summed E-state index contributed by atoms with van der Waals surface area (Å²) in [5, 5.41) is 3.43. The third-order valence-electron chi connectivity index (χ3n) is 4.02. The van der Waals surface area contributed by atoms with E-state index >= 15 is 0 Å². The summed E-state index contributed by atoms with van der Waals surface area (Å²) in [7, 11) is 0. The first-order valence-corrected chi connectivity index (χ1v) is 6.81. The van der Waals surface area contributed by atoms with Gasteiger partial charge >= 0.3 is 0 Å². The predicted molar refractivity (Wildman–Crippen MR) is 75.4 cm³/mol. The predicted octanol–water partition coefficient (Wildman–Crippen LogP) is 2.98. The molecule has 0 saturated heterocycles. The van der Waals surface area contributed by atoms with Gasteiger partial charge in [0.15, 0.2) is 0 Å². The molecule has 1 rings (SSSR count). The molecule has 0 fully saturated rings. The number of primary amides is 1. The standard InChI is InChI=1S/C15H23FN2O/c1-4-15(5-2,6-3)18-10-12-8-7-11(14(17)19)9-13(12)16/h7-9,18H,4-6,10H2,1-3H3,(H2,17,19). The molecular weight excluding hydrogens is 243 g/mol. The average molecular weight is 266 g/mol. The highest BCUT2D eigenvalue weighted by molar-refractivity contribution is 5.92. The summed E-state index contributed by atoms with van der Waals surface area (Å²) >= 11 is 0. The summed E-state index contributed by atoms with van der Waals surface area (Å²) in [5.74, 6) is -0.996. The first kappa shape index (κ1) is 15.6. The normalized spacial score (nSPS) is 11.6. The molecule has 0 bridgehead atoms. The number of nitrogens with two attached hydrogens (primary N) is 1. The Kier molecular flexibility index (Phi) is 5.48. The van der Waals surface area contributed by atoms with E-state index in [0.717, 1.165) is 19.3 Å². The topological polar surface area (TPSA) is 55.1 Å². The molecule has 1 aromatic rings. The van der Waals surface area contributed by atoms with Gasteiger partial charge in [0.1, 0.15) is 5.82 Å².